The van der Waals surface area contributed by atoms with Crippen LogP contribution in [0.2, 0.25) is 0 Å². The minimum atomic E-state index is 0.176. The van der Waals surface area contributed by atoms with Crippen molar-refractivity contribution in [1.82, 2.24) is 4.90 Å². The van der Waals surface area contributed by atoms with Crippen molar-refractivity contribution < 1.29 is 4.74 Å². The van der Waals surface area contributed by atoms with E-state index in [0.29, 0.717) is 11.7 Å². The van der Waals surface area contributed by atoms with Gasteiger partial charge in [0.1, 0.15) is 6.61 Å². The molecule has 2 nitrogen and oxygen atoms in total. The Hall–Kier alpha value is -0.930. The largest absolute Gasteiger partial charge is 0.482 e. The maximum Gasteiger partial charge on any atom is 0.191 e. The van der Waals surface area contributed by atoms with Gasteiger partial charge in [-0.05, 0) is 49.1 Å². The molecule has 0 atom stereocenters. The van der Waals surface area contributed by atoms with Crippen molar-refractivity contribution in [2.75, 3.05) is 26.2 Å². The second kappa shape index (κ2) is 7.37. The molecule has 0 N–H and O–H groups in total. The first-order valence-electron chi connectivity index (χ1n) is 7.97. The zero-order valence-corrected chi connectivity index (χ0v) is 14.3. The molecule has 0 aromatic heterocycles. The van der Waals surface area contributed by atoms with Crippen molar-refractivity contribution in [2.45, 2.75) is 45.4 Å². The molecule has 0 radical (unpaired) electrons. The van der Waals surface area contributed by atoms with Gasteiger partial charge in [-0.25, -0.2) is 0 Å². The van der Waals surface area contributed by atoms with Gasteiger partial charge in [0.15, 0.2) is 5.05 Å². The Morgan fingerprint density at radius 3 is 2.29 bits per heavy atom. The van der Waals surface area contributed by atoms with Crippen LogP contribution >= 0.6 is 12.2 Å². The lowest BCUT2D eigenvalue weighted by atomic mass is 9.87. The van der Waals surface area contributed by atoms with E-state index < -0.39 is 0 Å². The molecule has 0 spiro atoms. The third-order valence-corrected chi connectivity index (χ3v) is 4.43. The molecule has 2 rings (SSSR count). The van der Waals surface area contributed by atoms with Crippen LogP contribution in [0.1, 0.15) is 51.2 Å². The lowest BCUT2D eigenvalue weighted by molar-refractivity contribution is 0.181. The molecule has 1 fully saturated rings. The van der Waals surface area contributed by atoms with Crippen LogP contribution < -0.4 is 0 Å². The molecular formula is C18H27NOS. The fourth-order valence-corrected chi connectivity index (χ4v) is 2.86. The maximum atomic E-state index is 5.75. The topological polar surface area (TPSA) is 12.5 Å². The highest BCUT2D eigenvalue weighted by atomic mass is 32.1. The summed E-state index contributed by atoms with van der Waals surface area (Å²) in [6, 6.07) is 8.44. The molecule has 0 bridgehead atoms. The molecule has 0 amide bonds. The lowest BCUT2D eigenvalue weighted by Crippen LogP contribution is -2.33. The van der Waals surface area contributed by atoms with Crippen LogP contribution in [0.25, 0.3) is 0 Å². The van der Waals surface area contributed by atoms with Crippen LogP contribution in [-0.4, -0.2) is 36.2 Å². The Morgan fingerprint density at radius 1 is 1.10 bits per heavy atom. The minimum absolute atomic E-state index is 0.176. The van der Waals surface area contributed by atoms with E-state index in [2.05, 4.69) is 49.9 Å². The molecule has 1 heterocycles. The van der Waals surface area contributed by atoms with Crippen LogP contribution in [0.3, 0.4) is 0 Å². The van der Waals surface area contributed by atoms with Crippen molar-refractivity contribution in [1.29, 1.82) is 0 Å². The summed E-state index contributed by atoms with van der Waals surface area (Å²) in [5, 5.41) is 0.618. The number of benzene rings is 1. The molecule has 116 valence electrons. The first-order chi connectivity index (χ1) is 9.97. The number of hydrogen-bond acceptors (Lipinski definition) is 3. The van der Waals surface area contributed by atoms with E-state index in [9.17, 15) is 0 Å². The molecule has 0 aliphatic carbocycles. The fourth-order valence-electron chi connectivity index (χ4n) is 2.64. The van der Waals surface area contributed by atoms with E-state index in [1.807, 2.05) is 0 Å². The Labute approximate surface area is 134 Å². The van der Waals surface area contributed by atoms with Crippen molar-refractivity contribution in [2.24, 2.45) is 0 Å². The molecule has 1 aliphatic heterocycles. The van der Waals surface area contributed by atoms with Gasteiger partial charge in [-0.1, -0.05) is 51.5 Å². The summed E-state index contributed by atoms with van der Waals surface area (Å²) >= 11 is 5.38. The van der Waals surface area contributed by atoms with Crippen LogP contribution in [-0.2, 0) is 10.2 Å². The number of rotatable bonds is 4. The Morgan fingerprint density at radius 2 is 1.71 bits per heavy atom. The molecule has 3 heteroatoms. The number of likely N-dealkylation sites (tertiary alicyclic amines) is 1. The predicted octanol–water partition coefficient (Wildman–Crippen LogP) is 4.16. The van der Waals surface area contributed by atoms with E-state index in [4.69, 9.17) is 17.0 Å². The first kappa shape index (κ1) is 16.4. The van der Waals surface area contributed by atoms with Crippen molar-refractivity contribution in [3.05, 3.63) is 35.4 Å². The first-order valence-corrected chi connectivity index (χ1v) is 8.38. The molecule has 0 unspecified atom stereocenters. The molecule has 21 heavy (non-hydrogen) atoms. The second-order valence-corrected chi connectivity index (χ2v) is 7.24. The van der Waals surface area contributed by atoms with E-state index in [1.54, 1.807) is 0 Å². The number of thiocarbonyl (C=S) groups is 1. The standard InChI is InChI=1S/C18H27NOS/c1-18(2,3)16-9-7-15(8-10-16)17(21)20-14-13-19-11-5-4-6-12-19/h7-10H,4-6,11-14H2,1-3H3. The summed E-state index contributed by atoms with van der Waals surface area (Å²) < 4.78 is 5.75. The number of hydrogen-bond donors (Lipinski definition) is 0. The van der Waals surface area contributed by atoms with Crippen LogP contribution in [0.5, 0.6) is 0 Å². The molecule has 1 aromatic rings. The van der Waals surface area contributed by atoms with Crippen LogP contribution in [0.15, 0.2) is 24.3 Å². The van der Waals surface area contributed by atoms with E-state index in [1.165, 1.54) is 37.9 Å². The summed E-state index contributed by atoms with van der Waals surface area (Å²) in [6.45, 7) is 10.7. The summed E-state index contributed by atoms with van der Waals surface area (Å²) in [5.41, 5.74) is 2.51. The minimum Gasteiger partial charge on any atom is -0.482 e. The average Bonchev–Trinajstić information content (AvgIpc) is 2.47. The van der Waals surface area contributed by atoms with Gasteiger partial charge < -0.3 is 4.74 Å². The summed E-state index contributed by atoms with van der Waals surface area (Å²) in [6.07, 6.45) is 4.01. The molecule has 1 aliphatic rings. The highest BCUT2D eigenvalue weighted by Gasteiger charge is 2.14. The summed E-state index contributed by atoms with van der Waals surface area (Å²) in [7, 11) is 0. The highest BCUT2D eigenvalue weighted by Crippen LogP contribution is 2.22. The van der Waals surface area contributed by atoms with Gasteiger partial charge in [-0.2, -0.15) is 0 Å². The second-order valence-electron chi connectivity index (χ2n) is 6.87. The molecule has 0 saturated carbocycles. The van der Waals surface area contributed by atoms with Gasteiger partial charge in [0.25, 0.3) is 0 Å². The monoisotopic (exact) mass is 305 g/mol. The Bertz CT molecular complexity index is 455. The SMILES string of the molecule is CC(C)(C)c1ccc(C(=S)OCCN2CCCCC2)cc1. The van der Waals surface area contributed by atoms with Gasteiger partial charge in [0.05, 0.1) is 0 Å². The van der Waals surface area contributed by atoms with Crippen molar-refractivity contribution >= 4 is 17.3 Å². The van der Waals surface area contributed by atoms with Gasteiger partial charge >= 0.3 is 0 Å². The summed E-state index contributed by atoms with van der Waals surface area (Å²) in [5.74, 6) is 0. The number of ether oxygens (including phenoxy) is 1. The molecular weight excluding hydrogens is 278 g/mol. The van der Waals surface area contributed by atoms with Gasteiger partial charge in [-0.15, -0.1) is 0 Å². The summed E-state index contributed by atoms with van der Waals surface area (Å²) in [4.78, 5) is 2.47. The van der Waals surface area contributed by atoms with E-state index in [0.717, 1.165) is 12.1 Å². The molecule has 1 aromatic carbocycles. The van der Waals surface area contributed by atoms with Gasteiger partial charge in [0.2, 0.25) is 0 Å². The Balaban J connectivity index is 1.80. The zero-order chi connectivity index (χ0) is 15.3. The number of nitrogens with zero attached hydrogens (tertiary/aromatic N) is 1. The normalized spacial score (nSPS) is 16.7. The predicted molar refractivity (Wildman–Crippen MR) is 93.1 cm³/mol. The Kier molecular flexibility index (Phi) is 5.77. The van der Waals surface area contributed by atoms with Crippen LogP contribution in [0.4, 0.5) is 0 Å². The van der Waals surface area contributed by atoms with Crippen LogP contribution in [0, 0.1) is 0 Å². The third kappa shape index (κ3) is 5.08. The highest BCUT2D eigenvalue weighted by molar-refractivity contribution is 7.80. The van der Waals surface area contributed by atoms with Crippen molar-refractivity contribution in [3.63, 3.8) is 0 Å². The van der Waals surface area contributed by atoms with Gasteiger partial charge in [-0.3, -0.25) is 4.90 Å². The van der Waals surface area contributed by atoms with E-state index in [-0.39, 0.29) is 5.41 Å². The molecule has 1 saturated heterocycles. The van der Waals surface area contributed by atoms with Crippen molar-refractivity contribution in [3.8, 4) is 0 Å². The third-order valence-electron chi connectivity index (χ3n) is 4.08. The zero-order valence-electron chi connectivity index (χ0n) is 13.5. The maximum absolute atomic E-state index is 5.75. The van der Waals surface area contributed by atoms with E-state index >= 15 is 0 Å². The lowest BCUT2D eigenvalue weighted by Gasteiger charge is -2.26. The fraction of sp³-hybridized carbons (Fsp3) is 0.611. The average molecular weight is 305 g/mol. The quantitative estimate of drug-likeness (QED) is 0.775. The smallest absolute Gasteiger partial charge is 0.191 e. The number of piperidine rings is 1. The van der Waals surface area contributed by atoms with Gasteiger partial charge in [0, 0.05) is 12.1 Å².